The molecule has 4 aromatic rings. The summed E-state index contributed by atoms with van der Waals surface area (Å²) < 4.78 is 7.84. The molecule has 152 valence electrons. The van der Waals surface area contributed by atoms with Gasteiger partial charge in [0.25, 0.3) is 0 Å². The molecule has 7 heteroatoms. The summed E-state index contributed by atoms with van der Waals surface area (Å²) in [6, 6.07) is 17.6. The van der Waals surface area contributed by atoms with Crippen molar-refractivity contribution in [3.63, 3.8) is 0 Å². The van der Waals surface area contributed by atoms with Gasteiger partial charge >= 0.3 is 0 Å². The summed E-state index contributed by atoms with van der Waals surface area (Å²) in [5, 5.41) is 13.2. The first kappa shape index (κ1) is 20.0. The Balaban J connectivity index is 1.51. The molecule has 0 saturated heterocycles. The first-order chi connectivity index (χ1) is 14.7. The summed E-state index contributed by atoms with van der Waals surface area (Å²) in [7, 11) is 0. The first-order valence-corrected chi connectivity index (χ1v) is 10.7. The maximum atomic E-state index is 12.5. The van der Waals surface area contributed by atoms with Crippen LogP contribution < -0.4 is 5.32 Å². The van der Waals surface area contributed by atoms with Gasteiger partial charge in [-0.3, -0.25) is 9.36 Å². The fourth-order valence-electron chi connectivity index (χ4n) is 3.23. The van der Waals surface area contributed by atoms with E-state index in [2.05, 4.69) is 29.0 Å². The number of anilines is 1. The van der Waals surface area contributed by atoms with Gasteiger partial charge in [-0.1, -0.05) is 61.2 Å². The van der Waals surface area contributed by atoms with E-state index in [1.54, 1.807) is 6.08 Å². The SMILES string of the molecule is C=CCn1c(SCC(=O)Nc2ccccc2CC)nnc1-c1cc2ccccc2o1. The van der Waals surface area contributed by atoms with Crippen molar-refractivity contribution >= 4 is 34.3 Å². The highest BCUT2D eigenvalue weighted by Crippen LogP contribution is 2.29. The van der Waals surface area contributed by atoms with Gasteiger partial charge in [0, 0.05) is 17.6 Å². The highest BCUT2D eigenvalue weighted by atomic mass is 32.2. The highest BCUT2D eigenvalue weighted by Gasteiger charge is 2.18. The molecule has 2 aromatic heterocycles. The molecule has 0 aliphatic rings. The molecule has 0 aliphatic heterocycles. The Labute approximate surface area is 179 Å². The molecule has 2 heterocycles. The van der Waals surface area contributed by atoms with Crippen LogP contribution in [0.4, 0.5) is 5.69 Å². The number of hydrogen-bond acceptors (Lipinski definition) is 5. The molecule has 1 amide bonds. The Kier molecular flexibility index (Phi) is 5.99. The second-order valence-corrected chi connectivity index (χ2v) is 7.64. The van der Waals surface area contributed by atoms with Gasteiger partial charge in [-0.25, -0.2) is 0 Å². The molecule has 0 aliphatic carbocycles. The highest BCUT2D eigenvalue weighted by molar-refractivity contribution is 7.99. The monoisotopic (exact) mass is 418 g/mol. The van der Waals surface area contributed by atoms with Crippen molar-refractivity contribution in [2.24, 2.45) is 0 Å². The van der Waals surface area contributed by atoms with E-state index >= 15 is 0 Å². The normalized spacial score (nSPS) is 11.0. The quantitative estimate of drug-likeness (QED) is 0.316. The number of amides is 1. The van der Waals surface area contributed by atoms with Crippen LogP contribution in [0.5, 0.6) is 0 Å². The van der Waals surface area contributed by atoms with Crippen molar-refractivity contribution in [3.8, 4) is 11.6 Å². The number of rotatable bonds is 8. The van der Waals surface area contributed by atoms with Crippen molar-refractivity contribution in [3.05, 3.63) is 72.8 Å². The largest absolute Gasteiger partial charge is 0.453 e. The maximum Gasteiger partial charge on any atom is 0.234 e. The fourth-order valence-corrected chi connectivity index (χ4v) is 3.98. The zero-order chi connectivity index (χ0) is 20.9. The fraction of sp³-hybridized carbons (Fsp3) is 0.174. The van der Waals surface area contributed by atoms with Gasteiger partial charge < -0.3 is 9.73 Å². The van der Waals surface area contributed by atoms with Gasteiger partial charge in [0.2, 0.25) is 11.7 Å². The summed E-state index contributed by atoms with van der Waals surface area (Å²) in [5.74, 6) is 1.40. The Morgan fingerprint density at radius 2 is 2.00 bits per heavy atom. The van der Waals surface area contributed by atoms with E-state index in [1.165, 1.54) is 11.8 Å². The summed E-state index contributed by atoms with van der Waals surface area (Å²) in [6.07, 6.45) is 2.63. The summed E-state index contributed by atoms with van der Waals surface area (Å²) >= 11 is 1.34. The number of furan rings is 1. The first-order valence-electron chi connectivity index (χ1n) is 9.73. The van der Waals surface area contributed by atoms with Crippen molar-refractivity contribution in [1.82, 2.24) is 14.8 Å². The van der Waals surface area contributed by atoms with Gasteiger partial charge in [-0.05, 0) is 30.2 Å². The molecule has 0 bridgehead atoms. The summed E-state index contributed by atoms with van der Waals surface area (Å²) in [6.45, 7) is 6.41. The zero-order valence-corrected chi connectivity index (χ0v) is 17.5. The molecule has 4 rings (SSSR count). The minimum absolute atomic E-state index is 0.0839. The molecular weight excluding hydrogens is 396 g/mol. The lowest BCUT2D eigenvalue weighted by Crippen LogP contribution is -2.15. The number of para-hydroxylation sites is 2. The topological polar surface area (TPSA) is 73.0 Å². The molecular formula is C23H22N4O2S. The van der Waals surface area contributed by atoms with Crippen LogP contribution in [0.1, 0.15) is 12.5 Å². The number of nitrogens with zero attached hydrogens (tertiary/aromatic N) is 3. The standard InChI is InChI=1S/C23H22N4O2S/c1-3-13-27-22(20-14-17-10-6-8-12-19(17)29-20)25-26-23(27)30-15-21(28)24-18-11-7-5-9-16(18)4-2/h3,5-12,14H,1,4,13,15H2,2H3,(H,24,28). The zero-order valence-electron chi connectivity index (χ0n) is 16.7. The van der Waals surface area contributed by atoms with Gasteiger partial charge in [0.05, 0.1) is 5.75 Å². The van der Waals surface area contributed by atoms with Crippen molar-refractivity contribution in [2.45, 2.75) is 25.0 Å². The van der Waals surface area contributed by atoms with Gasteiger partial charge in [-0.2, -0.15) is 0 Å². The van der Waals surface area contributed by atoms with Crippen LogP contribution in [-0.2, 0) is 17.8 Å². The molecule has 1 N–H and O–H groups in total. The minimum atomic E-state index is -0.0839. The molecule has 2 aromatic carbocycles. The van der Waals surface area contributed by atoms with Crippen LogP contribution >= 0.6 is 11.8 Å². The lowest BCUT2D eigenvalue weighted by atomic mass is 10.1. The average molecular weight is 419 g/mol. The Morgan fingerprint density at radius 3 is 2.80 bits per heavy atom. The Hall–Kier alpha value is -3.32. The number of carbonyl (C=O) groups excluding carboxylic acids is 1. The lowest BCUT2D eigenvalue weighted by molar-refractivity contribution is -0.113. The number of thioether (sulfide) groups is 1. The van der Waals surface area contributed by atoms with E-state index in [0.717, 1.165) is 28.6 Å². The van der Waals surface area contributed by atoms with Crippen molar-refractivity contribution < 1.29 is 9.21 Å². The predicted molar refractivity (Wildman–Crippen MR) is 121 cm³/mol. The second-order valence-electron chi connectivity index (χ2n) is 6.70. The number of benzene rings is 2. The number of aromatic nitrogens is 3. The van der Waals surface area contributed by atoms with Crippen LogP contribution in [0.15, 0.2) is 76.8 Å². The third-order valence-corrected chi connectivity index (χ3v) is 5.65. The molecule has 6 nitrogen and oxygen atoms in total. The second kappa shape index (κ2) is 9.00. The predicted octanol–water partition coefficient (Wildman–Crippen LogP) is 5.17. The van der Waals surface area contributed by atoms with E-state index in [0.29, 0.717) is 23.3 Å². The molecule has 30 heavy (non-hydrogen) atoms. The summed E-state index contributed by atoms with van der Waals surface area (Å²) in [5.41, 5.74) is 2.75. The number of fused-ring (bicyclic) bond motifs is 1. The Bertz CT molecular complexity index is 1160. The lowest BCUT2D eigenvalue weighted by Gasteiger charge is -2.10. The number of allylic oxidation sites excluding steroid dienone is 1. The van der Waals surface area contributed by atoms with Crippen molar-refractivity contribution in [2.75, 3.05) is 11.1 Å². The van der Waals surface area contributed by atoms with Crippen molar-refractivity contribution in [1.29, 1.82) is 0 Å². The molecule has 0 spiro atoms. The van der Waals surface area contributed by atoms with Gasteiger partial charge in [0.15, 0.2) is 10.9 Å². The number of carbonyl (C=O) groups is 1. The van der Waals surface area contributed by atoms with Crippen LogP contribution in [0, 0.1) is 0 Å². The van der Waals surface area contributed by atoms with E-state index in [1.807, 2.05) is 59.2 Å². The van der Waals surface area contributed by atoms with Crippen LogP contribution in [0.3, 0.4) is 0 Å². The summed E-state index contributed by atoms with van der Waals surface area (Å²) in [4.78, 5) is 12.5. The number of nitrogens with one attached hydrogen (secondary N) is 1. The van der Waals surface area contributed by atoms with Crippen LogP contribution in [0.2, 0.25) is 0 Å². The third-order valence-electron chi connectivity index (χ3n) is 4.68. The van der Waals surface area contributed by atoms with Crippen LogP contribution in [0.25, 0.3) is 22.6 Å². The third kappa shape index (κ3) is 4.16. The van der Waals surface area contributed by atoms with E-state index < -0.39 is 0 Å². The van der Waals surface area contributed by atoms with E-state index in [9.17, 15) is 4.79 Å². The molecule has 0 atom stereocenters. The maximum absolute atomic E-state index is 12.5. The van der Waals surface area contributed by atoms with Crippen LogP contribution in [-0.4, -0.2) is 26.4 Å². The van der Waals surface area contributed by atoms with E-state index in [-0.39, 0.29) is 11.7 Å². The average Bonchev–Trinajstić information content (AvgIpc) is 3.36. The molecule has 0 fully saturated rings. The molecule has 0 radical (unpaired) electrons. The molecule has 0 saturated carbocycles. The minimum Gasteiger partial charge on any atom is -0.453 e. The molecule has 0 unspecified atom stereocenters. The van der Waals surface area contributed by atoms with Gasteiger partial charge in [0.1, 0.15) is 5.58 Å². The van der Waals surface area contributed by atoms with E-state index in [4.69, 9.17) is 4.42 Å². The van der Waals surface area contributed by atoms with Gasteiger partial charge in [-0.15, -0.1) is 16.8 Å². The number of hydrogen-bond donors (Lipinski definition) is 1. The number of aryl methyl sites for hydroxylation is 1. The Morgan fingerprint density at radius 1 is 1.20 bits per heavy atom. The smallest absolute Gasteiger partial charge is 0.234 e.